The molecule has 2 nitrogen and oxygen atoms in total. The van der Waals surface area contributed by atoms with E-state index in [1.165, 1.54) is 5.56 Å². The van der Waals surface area contributed by atoms with E-state index in [9.17, 15) is 0 Å². The van der Waals surface area contributed by atoms with E-state index in [1.807, 2.05) is 24.5 Å². The summed E-state index contributed by atoms with van der Waals surface area (Å²) in [6, 6.07) is 4.07. The quantitative estimate of drug-likeness (QED) is 0.703. The molecule has 0 saturated heterocycles. The first-order chi connectivity index (χ1) is 5.33. The second kappa shape index (κ2) is 4.09. The van der Waals surface area contributed by atoms with E-state index in [2.05, 4.69) is 11.9 Å². The van der Waals surface area contributed by atoms with Crippen LogP contribution >= 0.6 is 0 Å². The van der Waals surface area contributed by atoms with E-state index < -0.39 is 0 Å². The summed E-state index contributed by atoms with van der Waals surface area (Å²) in [7, 11) is 0. The molecule has 1 unspecified atom stereocenters. The molecule has 0 bridgehead atoms. The summed E-state index contributed by atoms with van der Waals surface area (Å²) in [5, 5.41) is 0. The van der Waals surface area contributed by atoms with E-state index in [-0.39, 0.29) is 0 Å². The Morgan fingerprint density at radius 3 is 2.64 bits per heavy atom. The van der Waals surface area contributed by atoms with Gasteiger partial charge in [-0.05, 0) is 36.6 Å². The smallest absolute Gasteiger partial charge is 0.0270 e. The minimum Gasteiger partial charge on any atom is -0.330 e. The van der Waals surface area contributed by atoms with Crippen molar-refractivity contribution in [1.29, 1.82) is 0 Å². The van der Waals surface area contributed by atoms with Crippen molar-refractivity contribution in [2.24, 2.45) is 11.7 Å². The highest BCUT2D eigenvalue weighted by molar-refractivity contribution is 5.10. The van der Waals surface area contributed by atoms with Gasteiger partial charge in [-0.15, -0.1) is 0 Å². The highest BCUT2D eigenvalue weighted by atomic mass is 14.6. The molecule has 0 spiro atoms. The van der Waals surface area contributed by atoms with Crippen LogP contribution in [-0.2, 0) is 6.42 Å². The third-order valence-electron chi connectivity index (χ3n) is 1.74. The summed E-state index contributed by atoms with van der Waals surface area (Å²) in [6.07, 6.45) is 4.69. The summed E-state index contributed by atoms with van der Waals surface area (Å²) >= 11 is 0. The molecule has 1 heterocycles. The van der Waals surface area contributed by atoms with E-state index in [0.29, 0.717) is 5.92 Å². The van der Waals surface area contributed by atoms with Crippen LogP contribution in [0.5, 0.6) is 0 Å². The third kappa shape index (κ3) is 2.68. The van der Waals surface area contributed by atoms with E-state index >= 15 is 0 Å². The number of pyridine rings is 1. The van der Waals surface area contributed by atoms with Crippen molar-refractivity contribution in [2.75, 3.05) is 6.54 Å². The molecule has 0 amide bonds. The number of aromatic nitrogens is 1. The predicted octanol–water partition coefficient (Wildman–Crippen LogP) is 1.22. The molecule has 60 valence electrons. The first kappa shape index (κ1) is 8.21. The van der Waals surface area contributed by atoms with E-state index in [0.717, 1.165) is 13.0 Å². The molecule has 0 radical (unpaired) electrons. The minimum atomic E-state index is 0.567. The lowest BCUT2D eigenvalue weighted by atomic mass is 10.0. The molecule has 0 saturated carbocycles. The van der Waals surface area contributed by atoms with Gasteiger partial charge in [0.25, 0.3) is 0 Å². The third-order valence-corrected chi connectivity index (χ3v) is 1.74. The summed E-state index contributed by atoms with van der Waals surface area (Å²) in [4.78, 5) is 3.95. The fourth-order valence-corrected chi connectivity index (χ4v) is 1.00. The van der Waals surface area contributed by atoms with Gasteiger partial charge in [0, 0.05) is 12.4 Å². The highest BCUT2D eigenvalue weighted by Gasteiger charge is 1.99. The van der Waals surface area contributed by atoms with Crippen molar-refractivity contribution in [1.82, 2.24) is 4.98 Å². The van der Waals surface area contributed by atoms with Crippen LogP contribution in [0.4, 0.5) is 0 Å². The fraction of sp³-hybridized carbons (Fsp3) is 0.444. The van der Waals surface area contributed by atoms with E-state index in [1.54, 1.807) is 0 Å². The fourth-order valence-electron chi connectivity index (χ4n) is 1.00. The van der Waals surface area contributed by atoms with Crippen LogP contribution in [0.15, 0.2) is 24.5 Å². The molecule has 1 atom stereocenters. The van der Waals surface area contributed by atoms with Gasteiger partial charge in [-0.2, -0.15) is 0 Å². The largest absolute Gasteiger partial charge is 0.330 e. The zero-order valence-corrected chi connectivity index (χ0v) is 6.83. The maximum absolute atomic E-state index is 5.50. The van der Waals surface area contributed by atoms with E-state index in [4.69, 9.17) is 5.73 Å². The Morgan fingerprint density at radius 2 is 2.09 bits per heavy atom. The highest BCUT2D eigenvalue weighted by Crippen LogP contribution is 2.04. The number of hydrogen-bond acceptors (Lipinski definition) is 2. The van der Waals surface area contributed by atoms with Crippen molar-refractivity contribution < 1.29 is 0 Å². The van der Waals surface area contributed by atoms with Crippen molar-refractivity contribution in [2.45, 2.75) is 13.3 Å². The van der Waals surface area contributed by atoms with Gasteiger partial charge in [0.05, 0.1) is 0 Å². The molecule has 1 aromatic heterocycles. The lowest BCUT2D eigenvalue weighted by Gasteiger charge is -2.06. The summed E-state index contributed by atoms with van der Waals surface area (Å²) in [6.45, 7) is 2.91. The molecule has 0 aliphatic carbocycles. The second-order valence-corrected chi connectivity index (χ2v) is 2.90. The molecule has 0 fully saturated rings. The molecule has 1 aromatic rings. The minimum absolute atomic E-state index is 0.567. The lowest BCUT2D eigenvalue weighted by Crippen LogP contribution is -2.12. The van der Waals surface area contributed by atoms with Crippen molar-refractivity contribution in [3.05, 3.63) is 30.1 Å². The van der Waals surface area contributed by atoms with Crippen LogP contribution in [0.25, 0.3) is 0 Å². The predicted molar refractivity (Wildman–Crippen MR) is 46.2 cm³/mol. The Labute approximate surface area is 67.5 Å². The summed E-state index contributed by atoms with van der Waals surface area (Å²) < 4.78 is 0. The van der Waals surface area contributed by atoms with Crippen molar-refractivity contribution >= 4 is 0 Å². The topological polar surface area (TPSA) is 38.9 Å². The van der Waals surface area contributed by atoms with Gasteiger partial charge in [-0.3, -0.25) is 4.98 Å². The van der Waals surface area contributed by atoms with Gasteiger partial charge < -0.3 is 5.73 Å². The zero-order chi connectivity index (χ0) is 8.10. The number of nitrogens with two attached hydrogens (primary N) is 1. The zero-order valence-electron chi connectivity index (χ0n) is 6.83. The van der Waals surface area contributed by atoms with Crippen LogP contribution in [0.2, 0.25) is 0 Å². The summed E-state index contributed by atoms with van der Waals surface area (Å²) in [5.41, 5.74) is 6.82. The van der Waals surface area contributed by atoms with Crippen LogP contribution < -0.4 is 5.73 Å². The van der Waals surface area contributed by atoms with Gasteiger partial charge >= 0.3 is 0 Å². The summed E-state index contributed by atoms with van der Waals surface area (Å²) in [5.74, 6) is 0.567. The number of hydrogen-bond donors (Lipinski definition) is 1. The monoisotopic (exact) mass is 150 g/mol. The Balaban J connectivity index is 2.51. The normalized spacial score (nSPS) is 12.9. The molecule has 0 aromatic carbocycles. The number of rotatable bonds is 3. The molecule has 11 heavy (non-hydrogen) atoms. The maximum Gasteiger partial charge on any atom is 0.0270 e. The van der Waals surface area contributed by atoms with Gasteiger partial charge in [0.15, 0.2) is 0 Å². The molecule has 0 aliphatic rings. The maximum atomic E-state index is 5.50. The standard InChI is InChI=1S/C9H14N2/c1-8(7-10)6-9-2-4-11-5-3-9/h2-5,8H,6-7,10H2,1H3. The van der Waals surface area contributed by atoms with Crippen LogP contribution in [0.3, 0.4) is 0 Å². The van der Waals surface area contributed by atoms with Gasteiger partial charge in [0.1, 0.15) is 0 Å². The lowest BCUT2D eigenvalue weighted by molar-refractivity contribution is 0.592. The number of nitrogens with zero attached hydrogens (tertiary/aromatic N) is 1. The SMILES string of the molecule is CC(CN)Cc1ccncc1. The second-order valence-electron chi connectivity index (χ2n) is 2.90. The Morgan fingerprint density at radius 1 is 1.45 bits per heavy atom. The molecule has 0 aliphatic heterocycles. The average molecular weight is 150 g/mol. The molecular weight excluding hydrogens is 136 g/mol. The molecule has 1 rings (SSSR count). The molecule has 2 heteroatoms. The van der Waals surface area contributed by atoms with Gasteiger partial charge in [-0.25, -0.2) is 0 Å². The van der Waals surface area contributed by atoms with Gasteiger partial charge in [0.2, 0.25) is 0 Å². The van der Waals surface area contributed by atoms with Gasteiger partial charge in [-0.1, -0.05) is 6.92 Å². The Kier molecular flexibility index (Phi) is 3.05. The van der Waals surface area contributed by atoms with Crippen molar-refractivity contribution in [3.8, 4) is 0 Å². The molecular formula is C9H14N2. The Hall–Kier alpha value is -0.890. The van der Waals surface area contributed by atoms with Crippen LogP contribution in [0.1, 0.15) is 12.5 Å². The first-order valence-corrected chi connectivity index (χ1v) is 3.92. The van der Waals surface area contributed by atoms with Crippen LogP contribution in [0, 0.1) is 5.92 Å². The average Bonchev–Trinajstić information content (AvgIpc) is 2.06. The Bertz CT molecular complexity index is 196. The molecule has 2 N–H and O–H groups in total. The van der Waals surface area contributed by atoms with Crippen molar-refractivity contribution in [3.63, 3.8) is 0 Å². The van der Waals surface area contributed by atoms with Crippen LogP contribution in [-0.4, -0.2) is 11.5 Å². The first-order valence-electron chi connectivity index (χ1n) is 3.92.